The van der Waals surface area contributed by atoms with Crippen LogP contribution in [0.15, 0.2) is 40.9 Å². The average molecular weight is 342 g/mol. The smallest absolute Gasteiger partial charge is 0.315 e. The van der Waals surface area contributed by atoms with E-state index in [4.69, 9.17) is 4.52 Å². The lowest BCUT2D eigenvalue weighted by Crippen LogP contribution is -2.52. The number of amides is 2. The van der Waals surface area contributed by atoms with Gasteiger partial charge in [-0.2, -0.15) is 0 Å². The molecule has 1 aliphatic rings. The van der Waals surface area contributed by atoms with Gasteiger partial charge in [0.2, 0.25) is 0 Å². The van der Waals surface area contributed by atoms with Crippen molar-refractivity contribution in [3.8, 4) is 0 Å². The monoisotopic (exact) mass is 342 g/mol. The quantitative estimate of drug-likeness (QED) is 0.781. The Balaban J connectivity index is 1.55. The molecule has 25 heavy (non-hydrogen) atoms. The second-order valence-corrected chi connectivity index (χ2v) is 6.82. The van der Waals surface area contributed by atoms with Gasteiger partial charge in [0.05, 0.1) is 12.2 Å². The van der Waals surface area contributed by atoms with Gasteiger partial charge in [0, 0.05) is 24.6 Å². The van der Waals surface area contributed by atoms with Crippen LogP contribution >= 0.6 is 0 Å². The first-order valence-corrected chi connectivity index (χ1v) is 8.89. The number of carbonyl (C=O) groups is 1. The van der Waals surface area contributed by atoms with E-state index in [9.17, 15) is 4.79 Å². The highest BCUT2D eigenvalue weighted by molar-refractivity contribution is 5.74. The predicted molar refractivity (Wildman–Crippen MR) is 96.4 cm³/mol. The van der Waals surface area contributed by atoms with E-state index in [1.165, 1.54) is 5.56 Å². The fourth-order valence-electron chi connectivity index (χ4n) is 3.18. The standard InChI is InChI=1S/C19H26N4O2/c1-13(2)17-10-15(25-23-17)11-21-19(24)22-18-12-20-9-8-16(18)14-6-4-3-5-7-14/h3-7,10,13,16,18,20H,8-9,11-12H2,1-2H3,(H2,21,22,24)/t16-,18-/m1/s1. The van der Waals surface area contributed by atoms with Crippen LogP contribution in [0.2, 0.25) is 0 Å². The van der Waals surface area contributed by atoms with Crippen molar-refractivity contribution in [1.82, 2.24) is 21.1 Å². The molecule has 3 rings (SSSR count). The summed E-state index contributed by atoms with van der Waals surface area (Å²) in [5, 5.41) is 13.3. The van der Waals surface area contributed by atoms with Crippen molar-refractivity contribution in [3.63, 3.8) is 0 Å². The van der Waals surface area contributed by atoms with E-state index in [1.54, 1.807) is 0 Å². The third-order valence-corrected chi connectivity index (χ3v) is 4.62. The Morgan fingerprint density at radius 2 is 2.16 bits per heavy atom. The fraction of sp³-hybridized carbons (Fsp3) is 0.474. The number of hydrogen-bond acceptors (Lipinski definition) is 4. The molecular weight excluding hydrogens is 316 g/mol. The topological polar surface area (TPSA) is 79.2 Å². The van der Waals surface area contributed by atoms with Crippen LogP contribution in [0.1, 0.15) is 49.1 Å². The van der Waals surface area contributed by atoms with E-state index in [1.807, 2.05) is 24.3 Å². The van der Waals surface area contributed by atoms with Crippen LogP contribution in [0.5, 0.6) is 0 Å². The van der Waals surface area contributed by atoms with Crippen molar-refractivity contribution in [2.75, 3.05) is 13.1 Å². The number of nitrogens with zero attached hydrogens (tertiary/aromatic N) is 1. The summed E-state index contributed by atoms with van der Waals surface area (Å²) in [6, 6.07) is 12.1. The number of carbonyl (C=O) groups excluding carboxylic acids is 1. The minimum Gasteiger partial charge on any atom is -0.359 e. The molecule has 2 aromatic rings. The van der Waals surface area contributed by atoms with E-state index < -0.39 is 0 Å². The Kier molecular flexibility index (Phi) is 5.71. The zero-order chi connectivity index (χ0) is 17.6. The summed E-state index contributed by atoms with van der Waals surface area (Å²) in [6.07, 6.45) is 1.01. The van der Waals surface area contributed by atoms with Crippen molar-refractivity contribution in [2.24, 2.45) is 0 Å². The molecule has 3 N–H and O–H groups in total. The molecule has 2 atom stereocenters. The summed E-state index contributed by atoms with van der Waals surface area (Å²) in [5.41, 5.74) is 2.17. The number of hydrogen-bond donors (Lipinski definition) is 3. The van der Waals surface area contributed by atoms with Crippen molar-refractivity contribution in [2.45, 2.75) is 44.7 Å². The van der Waals surface area contributed by atoms with Gasteiger partial charge in [0.1, 0.15) is 0 Å². The molecular formula is C19H26N4O2. The van der Waals surface area contributed by atoms with E-state index in [-0.39, 0.29) is 12.1 Å². The predicted octanol–water partition coefficient (Wildman–Crippen LogP) is 2.74. The van der Waals surface area contributed by atoms with Crippen LogP contribution in [0.3, 0.4) is 0 Å². The first kappa shape index (κ1) is 17.5. The third-order valence-electron chi connectivity index (χ3n) is 4.62. The zero-order valence-corrected chi connectivity index (χ0v) is 14.8. The third kappa shape index (κ3) is 4.60. The Hall–Kier alpha value is -2.34. The van der Waals surface area contributed by atoms with Crippen molar-refractivity contribution in [3.05, 3.63) is 53.4 Å². The SMILES string of the molecule is CC(C)c1cc(CNC(=O)N[C@@H]2CNCC[C@@H]2c2ccccc2)on1. The first-order chi connectivity index (χ1) is 12.1. The highest BCUT2D eigenvalue weighted by Gasteiger charge is 2.27. The van der Waals surface area contributed by atoms with Crippen molar-refractivity contribution >= 4 is 6.03 Å². The Morgan fingerprint density at radius 3 is 2.88 bits per heavy atom. The Labute approximate surface area is 148 Å². The maximum Gasteiger partial charge on any atom is 0.315 e. The summed E-state index contributed by atoms with van der Waals surface area (Å²) in [7, 11) is 0. The molecule has 1 aromatic heterocycles. The van der Waals surface area contributed by atoms with Gasteiger partial charge in [-0.15, -0.1) is 0 Å². The van der Waals surface area contributed by atoms with E-state index >= 15 is 0 Å². The van der Waals surface area contributed by atoms with Crippen LogP contribution in [0.4, 0.5) is 4.79 Å². The molecule has 0 unspecified atom stereocenters. The highest BCUT2D eigenvalue weighted by atomic mass is 16.5. The minimum absolute atomic E-state index is 0.0668. The highest BCUT2D eigenvalue weighted by Crippen LogP contribution is 2.25. The van der Waals surface area contributed by atoms with Gasteiger partial charge in [-0.1, -0.05) is 49.3 Å². The summed E-state index contributed by atoms with van der Waals surface area (Å²) >= 11 is 0. The van der Waals surface area contributed by atoms with Crippen molar-refractivity contribution in [1.29, 1.82) is 0 Å². The number of urea groups is 1. The van der Waals surface area contributed by atoms with E-state index in [2.05, 4.69) is 47.1 Å². The Bertz CT molecular complexity index is 684. The molecule has 2 amide bonds. The van der Waals surface area contributed by atoms with Crippen LogP contribution < -0.4 is 16.0 Å². The van der Waals surface area contributed by atoms with Gasteiger partial charge >= 0.3 is 6.03 Å². The van der Waals surface area contributed by atoms with Gasteiger partial charge in [-0.25, -0.2) is 4.79 Å². The van der Waals surface area contributed by atoms with E-state index in [0.717, 1.165) is 25.2 Å². The molecule has 0 radical (unpaired) electrons. The molecule has 2 heterocycles. The average Bonchev–Trinajstić information content (AvgIpc) is 3.11. The van der Waals surface area contributed by atoms with Gasteiger partial charge in [-0.3, -0.25) is 0 Å². The first-order valence-electron chi connectivity index (χ1n) is 8.89. The molecule has 1 fully saturated rings. The Morgan fingerprint density at radius 1 is 1.36 bits per heavy atom. The van der Waals surface area contributed by atoms with Crippen molar-refractivity contribution < 1.29 is 9.32 Å². The summed E-state index contributed by atoms with van der Waals surface area (Å²) in [6.45, 7) is 6.19. The lowest BCUT2D eigenvalue weighted by molar-refractivity contribution is 0.228. The fourth-order valence-corrected chi connectivity index (χ4v) is 3.18. The molecule has 0 aliphatic carbocycles. The molecule has 1 aromatic carbocycles. The maximum atomic E-state index is 12.3. The molecule has 6 nitrogen and oxygen atoms in total. The molecule has 0 saturated carbocycles. The number of rotatable bonds is 5. The second-order valence-electron chi connectivity index (χ2n) is 6.82. The lowest BCUT2D eigenvalue weighted by Gasteiger charge is -2.33. The normalized spacial score (nSPS) is 20.4. The zero-order valence-electron chi connectivity index (χ0n) is 14.8. The maximum absolute atomic E-state index is 12.3. The van der Waals surface area contributed by atoms with Gasteiger partial charge < -0.3 is 20.5 Å². The molecule has 1 saturated heterocycles. The summed E-state index contributed by atoms with van der Waals surface area (Å²) in [5.74, 6) is 1.30. The molecule has 6 heteroatoms. The number of nitrogens with one attached hydrogen (secondary N) is 3. The van der Waals surface area contributed by atoms with Gasteiger partial charge in [0.25, 0.3) is 0 Å². The molecule has 0 bridgehead atoms. The second kappa shape index (κ2) is 8.16. The van der Waals surface area contributed by atoms with Crippen LogP contribution in [-0.2, 0) is 6.54 Å². The minimum atomic E-state index is -0.183. The largest absolute Gasteiger partial charge is 0.359 e. The number of piperidine rings is 1. The van der Waals surface area contributed by atoms with Gasteiger partial charge in [0.15, 0.2) is 5.76 Å². The molecule has 134 valence electrons. The van der Waals surface area contributed by atoms with Crippen LogP contribution in [0.25, 0.3) is 0 Å². The number of benzene rings is 1. The summed E-state index contributed by atoms with van der Waals surface area (Å²) < 4.78 is 5.25. The summed E-state index contributed by atoms with van der Waals surface area (Å²) in [4.78, 5) is 12.3. The van der Waals surface area contributed by atoms with Crippen LogP contribution in [-0.4, -0.2) is 30.3 Å². The van der Waals surface area contributed by atoms with E-state index in [0.29, 0.717) is 24.1 Å². The molecule has 0 spiro atoms. The lowest BCUT2D eigenvalue weighted by atomic mass is 9.86. The number of aromatic nitrogens is 1. The van der Waals surface area contributed by atoms with Gasteiger partial charge in [-0.05, 0) is 24.4 Å². The van der Waals surface area contributed by atoms with Crippen LogP contribution in [0, 0.1) is 0 Å². The molecule has 1 aliphatic heterocycles.